The van der Waals surface area contributed by atoms with E-state index in [1.165, 1.54) is 42.9 Å². The average Bonchev–Trinajstić information content (AvgIpc) is 2.68. The van der Waals surface area contributed by atoms with E-state index in [2.05, 4.69) is 10.3 Å². The largest absolute Gasteiger partial charge is 0.495 e. The molecular weight excluding hydrogens is 370 g/mol. The topological polar surface area (TPSA) is 97.8 Å². The minimum Gasteiger partial charge on any atom is -0.495 e. The number of methoxy groups -OCH3 is 2. The SMILES string of the molecule is CCN(CC)S(=O)(=O)c1ccc(OC)c(NC(=O)c2ccc(OC)nc2)c1. The summed E-state index contributed by atoms with van der Waals surface area (Å²) in [6, 6.07) is 7.48. The molecule has 0 aliphatic rings. The zero-order valence-corrected chi connectivity index (χ0v) is 16.5. The van der Waals surface area contributed by atoms with Crippen molar-refractivity contribution in [3.63, 3.8) is 0 Å². The number of hydrogen-bond acceptors (Lipinski definition) is 6. The maximum atomic E-state index is 12.7. The molecule has 0 saturated heterocycles. The Balaban J connectivity index is 2.36. The Morgan fingerprint density at radius 1 is 1.11 bits per heavy atom. The number of hydrogen-bond donors (Lipinski definition) is 1. The van der Waals surface area contributed by atoms with Crippen molar-refractivity contribution in [1.29, 1.82) is 0 Å². The molecule has 0 aliphatic heterocycles. The predicted octanol–water partition coefficient (Wildman–Crippen LogP) is 2.38. The van der Waals surface area contributed by atoms with Crippen LogP contribution >= 0.6 is 0 Å². The average molecular weight is 393 g/mol. The number of pyridine rings is 1. The minimum atomic E-state index is -3.66. The van der Waals surface area contributed by atoms with Crippen LogP contribution in [0.3, 0.4) is 0 Å². The summed E-state index contributed by atoms with van der Waals surface area (Å²) in [5.41, 5.74) is 0.557. The second-order valence-electron chi connectivity index (χ2n) is 5.49. The molecule has 0 aliphatic carbocycles. The summed E-state index contributed by atoms with van der Waals surface area (Å²) >= 11 is 0. The van der Waals surface area contributed by atoms with Crippen LogP contribution in [0.15, 0.2) is 41.4 Å². The number of nitrogens with zero attached hydrogens (tertiary/aromatic N) is 2. The number of carbonyl (C=O) groups is 1. The molecule has 8 nitrogen and oxygen atoms in total. The van der Waals surface area contributed by atoms with Gasteiger partial charge in [-0.05, 0) is 24.3 Å². The monoisotopic (exact) mass is 393 g/mol. The first-order chi connectivity index (χ1) is 12.9. The van der Waals surface area contributed by atoms with E-state index in [-0.39, 0.29) is 10.6 Å². The molecule has 0 saturated carbocycles. The van der Waals surface area contributed by atoms with E-state index in [1.807, 2.05) is 0 Å². The van der Waals surface area contributed by atoms with Gasteiger partial charge >= 0.3 is 0 Å². The van der Waals surface area contributed by atoms with E-state index in [4.69, 9.17) is 9.47 Å². The molecule has 9 heteroatoms. The number of anilines is 1. The van der Waals surface area contributed by atoms with Gasteiger partial charge in [0, 0.05) is 25.4 Å². The van der Waals surface area contributed by atoms with Crippen LogP contribution in [0, 0.1) is 0 Å². The van der Waals surface area contributed by atoms with E-state index < -0.39 is 15.9 Å². The van der Waals surface area contributed by atoms with Gasteiger partial charge in [0.15, 0.2) is 0 Å². The summed E-state index contributed by atoms with van der Waals surface area (Å²) in [6.07, 6.45) is 1.37. The van der Waals surface area contributed by atoms with Crippen molar-refractivity contribution in [2.24, 2.45) is 0 Å². The first-order valence-corrected chi connectivity index (χ1v) is 9.80. The smallest absolute Gasteiger partial charge is 0.257 e. The fourth-order valence-corrected chi connectivity index (χ4v) is 3.97. The molecule has 0 fully saturated rings. The zero-order chi connectivity index (χ0) is 20.0. The molecule has 1 aromatic carbocycles. The Labute approximate surface area is 159 Å². The molecule has 146 valence electrons. The van der Waals surface area contributed by atoms with Crippen LogP contribution in [0.5, 0.6) is 11.6 Å². The zero-order valence-electron chi connectivity index (χ0n) is 15.7. The molecular formula is C18H23N3O5S. The molecule has 1 N–H and O–H groups in total. The van der Waals surface area contributed by atoms with Gasteiger partial charge in [0.25, 0.3) is 5.91 Å². The van der Waals surface area contributed by atoms with Gasteiger partial charge in [-0.1, -0.05) is 13.8 Å². The summed E-state index contributed by atoms with van der Waals surface area (Å²) in [5.74, 6) is 0.292. The van der Waals surface area contributed by atoms with Crippen molar-refractivity contribution in [3.8, 4) is 11.6 Å². The molecule has 1 amide bonds. The Hall–Kier alpha value is -2.65. The standard InChI is InChI=1S/C18H23N3O5S/c1-5-21(6-2)27(23,24)14-8-9-16(25-3)15(11-14)20-18(22)13-7-10-17(26-4)19-12-13/h7-12H,5-6H2,1-4H3,(H,20,22). The third-order valence-electron chi connectivity index (χ3n) is 3.97. The maximum Gasteiger partial charge on any atom is 0.257 e. The van der Waals surface area contributed by atoms with E-state index in [9.17, 15) is 13.2 Å². The van der Waals surface area contributed by atoms with E-state index in [0.717, 1.165) is 0 Å². The molecule has 2 rings (SSSR count). The van der Waals surface area contributed by atoms with E-state index in [1.54, 1.807) is 26.0 Å². The summed E-state index contributed by atoms with van der Waals surface area (Å²) in [4.78, 5) is 16.5. The van der Waals surface area contributed by atoms with Gasteiger partial charge in [-0.3, -0.25) is 4.79 Å². The highest BCUT2D eigenvalue weighted by molar-refractivity contribution is 7.89. The molecule has 1 heterocycles. The summed E-state index contributed by atoms with van der Waals surface area (Å²) in [7, 11) is -0.737. The Kier molecular flexibility index (Phi) is 6.75. The number of carbonyl (C=O) groups excluding carboxylic acids is 1. The quantitative estimate of drug-likeness (QED) is 0.739. The molecule has 0 unspecified atom stereocenters. The minimum absolute atomic E-state index is 0.0788. The van der Waals surface area contributed by atoms with Crippen molar-refractivity contribution >= 4 is 21.6 Å². The van der Waals surface area contributed by atoms with Crippen LogP contribution in [0.1, 0.15) is 24.2 Å². The van der Waals surface area contributed by atoms with Crippen molar-refractivity contribution in [2.75, 3.05) is 32.6 Å². The van der Waals surface area contributed by atoms with Crippen LogP contribution < -0.4 is 14.8 Å². The highest BCUT2D eigenvalue weighted by Crippen LogP contribution is 2.29. The number of amides is 1. The number of nitrogens with one attached hydrogen (secondary N) is 1. The van der Waals surface area contributed by atoms with Gasteiger partial charge in [-0.2, -0.15) is 4.31 Å². The number of rotatable bonds is 8. The predicted molar refractivity (Wildman–Crippen MR) is 102 cm³/mol. The number of benzene rings is 1. The fraction of sp³-hybridized carbons (Fsp3) is 0.333. The lowest BCUT2D eigenvalue weighted by Gasteiger charge is -2.19. The summed E-state index contributed by atoms with van der Waals surface area (Å²) in [6.45, 7) is 4.24. The van der Waals surface area contributed by atoms with Gasteiger partial charge in [-0.25, -0.2) is 13.4 Å². The van der Waals surface area contributed by atoms with Crippen molar-refractivity contribution in [3.05, 3.63) is 42.1 Å². The van der Waals surface area contributed by atoms with Gasteiger partial charge in [0.2, 0.25) is 15.9 Å². The first-order valence-electron chi connectivity index (χ1n) is 8.36. The van der Waals surface area contributed by atoms with Crippen LogP contribution in [-0.4, -0.2) is 50.9 Å². The van der Waals surface area contributed by atoms with Gasteiger partial charge in [-0.15, -0.1) is 0 Å². The van der Waals surface area contributed by atoms with E-state index in [0.29, 0.717) is 30.3 Å². The van der Waals surface area contributed by atoms with Gasteiger partial charge in [0.05, 0.1) is 30.4 Å². The molecule has 1 aromatic heterocycles. The molecule has 27 heavy (non-hydrogen) atoms. The van der Waals surface area contributed by atoms with Crippen molar-refractivity contribution < 1.29 is 22.7 Å². The van der Waals surface area contributed by atoms with Crippen LogP contribution in [-0.2, 0) is 10.0 Å². The molecule has 0 radical (unpaired) electrons. The fourth-order valence-electron chi connectivity index (χ4n) is 2.49. The van der Waals surface area contributed by atoms with Crippen molar-refractivity contribution in [2.45, 2.75) is 18.7 Å². The van der Waals surface area contributed by atoms with Crippen molar-refractivity contribution in [1.82, 2.24) is 9.29 Å². The second kappa shape index (κ2) is 8.83. The number of sulfonamides is 1. The molecule has 2 aromatic rings. The normalized spacial score (nSPS) is 11.3. The Bertz CT molecular complexity index is 894. The summed E-state index contributed by atoms with van der Waals surface area (Å²) in [5, 5.41) is 2.67. The Morgan fingerprint density at radius 2 is 1.81 bits per heavy atom. The molecule has 0 atom stereocenters. The molecule has 0 spiro atoms. The lowest BCUT2D eigenvalue weighted by Crippen LogP contribution is -2.30. The van der Waals surface area contributed by atoms with Crippen LogP contribution in [0.25, 0.3) is 0 Å². The van der Waals surface area contributed by atoms with Crippen LogP contribution in [0.4, 0.5) is 5.69 Å². The third kappa shape index (κ3) is 4.55. The second-order valence-corrected chi connectivity index (χ2v) is 7.43. The third-order valence-corrected chi connectivity index (χ3v) is 6.02. The summed E-state index contributed by atoms with van der Waals surface area (Å²) < 4.78 is 37.0. The number of aromatic nitrogens is 1. The maximum absolute atomic E-state index is 12.7. The first kappa shape index (κ1) is 20.7. The van der Waals surface area contributed by atoms with E-state index >= 15 is 0 Å². The highest BCUT2D eigenvalue weighted by atomic mass is 32.2. The molecule has 0 bridgehead atoms. The Morgan fingerprint density at radius 3 is 2.33 bits per heavy atom. The highest BCUT2D eigenvalue weighted by Gasteiger charge is 2.23. The lowest BCUT2D eigenvalue weighted by atomic mass is 10.2. The lowest BCUT2D eigenvalue weighted by molar-refractivity contribution is 0.102. The van der Waals surface area contributed by atoms with Crippen LogP contribution in [0.2, 0.25) is 0 Å². The number of ether oxygens (including phenoxy) is 2. The van der Waals surface area contributed by atoms with Gasteiger partial charge in [0.1, 0.15) is 5.75 Å². The van der Waals surface area contributed by atoms with Gasteiger partial charge < -0.3 is 14.8 Å².